The van der Waals surface area contributed by atoms with Gasteiger partial charge < -0.3 is 24.5 Å². The van der Waals surface area contributed by atoms with E-state index < -0.39 is 11.5 Å². The molecule has 0 saturated carbocycles. The van der Waals surface area contributed by atoms with Crippen LogP contribution in [-0.4, -0.2) is 41.9 Å². The van der Waals surface area contributed by atoms with E-state index in [9.17, 15) is 14.7 Å². The number of nitrogens with one attached hydrogen (secondary N) is 1. The molecule has 2 N–H and O–H groups in total. The first-order valence-electron chi connectivity index (χ1n) is 10.3. The van der Waals surface area contributed by atoms with Crippen molar-refractivity contribution in [1.82, 2.24) is 9.88 Å². The number of aromatic nitrogens is 1. The summed E-state index contributed by atoms with van der Waals surface area (Å²) in [6, 6.07) is 8.61. The number of hydrogen-bond donors (Lipinski definition) is 2. The second-order valence-electron chi connectivity index (χ2n) is 8.09. The van der Waals surface area contributed by atoms with Gasteiger partial charge in [0.25, 0.3) is 5.91 Å². The number of rotatable bonds is 6. The topological polar surface area (TPSA) is 89.8 Å². The molecule has 0 spiro atoms. The Morgan fingerprint density at radius 3 is 2.50 bits per heavy atom. The third-order valence-corrected chi connectivity index (χ3v) is 6.64. The predicted molar refractivity (Wildman–Crippen MR) is 122 cm³/mol. The van der Waals surface area contributed by atoms with Gasteiger partial charge in [0.2, 0.25) is 0 Å². The van der Waals surface area contributed by atoms with Gasteiger partial charge in [-0.25, -0.2) is 4.79 Å². The SMILES string of the molecule is CCn1c(C(=O)NC2(c3ccc(C(=O)O)cc3C)COC2)cc2c(Cl)c(C)c(OC)cc21. The third kappa shape index (κ3) is 3.42. The predicted octanol–water partition coefficient (Wildman–Crippen LogP) is 4.29. The van der Waals surface area contributed by atoms with Crippen LogP contribution in [0.5, 0.6) is 5.75 Å². The van der Waals surface area contributed by atoms with Crippen LogP contribution in [0.2, 0.25) is 5.02 Å². The Morgan fingerprint density at radius 2 is 1.97 bits per heavy atom. The van der Waals surface area contributed by atoms with Crippen LogP contribution in [0, 0.1) is 13.8 Å². The maximum atomic E-state index is 13.5. The highest BCUT2D eigenvalue weighted by atomic mass is 35.5. The molecular weight excluding hydrogens is 432 g/mol. The van der Waals surface area contributed by atoms with Crippen LogP contribution in [0.15, 0.2) is 30.3 Å². The van der Waals surface area contributed by atoms with Gasteiger partial charge in [0.15, 0.2) is 0 Å². The fourth-order valence-corrected chi connectivity index (χ4v) is 4.64. The molecule has 4 rings (SSSR count). The van der Waals surface area contributed by atoms with Gasteiger partial charge in [0.05, 0.1) is 36.4 Å². The number of carboxylic acid groups (broad SMARTS) is 1. The standard InChI is InChI=1S/C24H25ClN2O5/c1-5-27-18-10-20(31-4)14(3)21(25)16(18)9-19(27)22(28)26-24(11-32-12-24)17-7-6-15(23(29)30)8-13(17)2/h6-10H,5,11-12H2,1-4H3,(H,26,28)(H,29,30). The highest BCUT2D eigenvalue weighted by Gasteiger charge is 2.43. The van der Waals surface area contributed by atoms with Gasteiger partial charge in [-0.15, -0.1) is 0 Å². The zero-order valence-electron chi connectivity index (χ0n) is 18.4. The monoisotopic (exact) mass is 456 g/mol. The minimum atomic E-state index is -0.988. The Morgan fingerprint density at radius 1 is 1.25 bits per heavy atom. The van der Waals surface area contributed by atoms with Crippen molar-refractivity contribution >= 4 is 34.4 Å². The average Bonchev–Trinajstić information content (AvgIpc) is 3.12. The summed E-state index contributed by atoms with van der Waals surface area (Å²) in [5.41, 5.74) is 3.25. The molecule has 1 aliphatic heterocycles. The van der Waals surface area contributed by atoms with E-state index in [4.69, 9.17) is 21.1 Å². The molecule has 2 heterocycles. The van der Waals surface area contributed by atoms with Gasteiger partial charge in [-0.3, -0.25) is 4.79 Å². The molecule has 1 amide bonds. The van der Waals surface area contributed by atoms with E-state index in [0.717, 1.165) is 27.6 Å². The average molecular weight is 457 g/mol. The Hall–Kier alpha value is -3.03. The van der Waals surface area contributed by atoms with E-state index >= 15 is 0 Å². The molecule has 0 atom stereocenters. The molecule has 7 nitrogen and oxygen atoms in total. The van der Waals surface area contributed by atoms with E-state index in [1.807, 2.05) is 31.4 Å². The lowest BCUT2D eigenvalue weighted by molar-refractivity contribution is -0.0737. The minimum absolute atomic E-state index is 0.207. The zero-order chi connectivity index (χ0) is 23.2. The molecule has 32 heavy (non-hydrogen) atoms. The van der Waals surface area contributed by atoms with Crippen molar-refractivity contribution in [1.29, 1.82) is 0 Å². The molecule has 0 unspecified atom stereocenters. The minimum Gasteiger partial charge on any atom is -0.496 e. The fraction of sp³-hybridized carbons (Fsp3) is 0.333. The maximum Gasteiger partial charge on any atom is 0.335 e. The zero-order valence-corrected chi connectivity index (χ0v) is 19.2. The summed E-state index contributed by atoms with van der Waals surface area (Å²) in [5, 5.41) is 13.7. The highest BCUT2D eigenvalue weighted by molar-refractivity contribution is 6.36. The summed E-state index contributed by atoms with van der Waals surface area (Å²) in [5.74, 6) is -0.571. The number of carbonyl (C=O) groups is 2. The molecule has 1 saturated heterocycles. The lowest BCUT2D eigenvalue weighted by atomic mass is 9.84. The molecule has 0 radical (unpaired) electrons. The number of halogens is 1. The fourth-order valence-electron chi connectivity index (χ4n) is 4.39. The maximum absolute atomic E-state index is 13.5. The van der Waals surface area contributed by atoms with Crippen LogP contribution < -0.4 is 10.1 Å². The summed E-state index contributed by atoms with van der Waals surface area (Å²) in [6.45, 7) is 6.88. The van der Waals surface area contributed by atoms with Crippen LogP contribution in [-0.2, 0) is 16.8 Å². The molecule has 0 aliphatic carbocycles. The van der Waals surface area contributed by atoms with Crippen molar-refractivity contribution < 1.29 is 24.2 Å². The van der Waals surface area contributed by atoms with Gasteiger partial charge in [-0.05, 0) is 50.1 Å². The number of carbonyl (C=O) groups excluding carboxylic acids is 1. The number of aryl methyl sites for hydroxylation is 2. The second-order valence-corrected chi connectivity index (χ2v) is 8.47. The first-order chi connectivity index (χ1) is 15.2. The summed E-state index contributed by atoms with van der Waals surface area (Å²) in [6.07, 6.45) is 0. The Kier molecular flexibility index (Phi) is 5.65. The number of nitrogens with zero attached hydrogens (tertiary/aromatic N) is 1. The summed E-state index contributed by atoms with van der Waals surface area (Å²) < 4.78 is 12.8. The number of benzene rings is 2. The Bertz CT molecular complexity index is 1240. The van der Waals surface area contributed by atoms with Crippen molar-refractivity contribution in [3.05, 3.63) is 63.3 Å². The van der Waals surface area contributed by atoms with Gasteiger partial charge in [-0.2, -0.15) is 0 Å². The number of hydrogen-bond acceptors (Lipinski definition) is 4. The number of fused-ring (bicyclic) bond motifs is 1. The third-order valence-electron chi connectivity index (χ3n) is 6.15. The molecule has 1 aliphatic rings. The summed E-state index contributed by atoms with van der Waals surface area (Å²) in [7, 11) is 1.59. The number of ether oxygens (including phenoxy) is 2. The van der Waals surface area contributed by atoms with Crippen LogP contribution in [0.1, 0.15) is 44.5 Å². The highest BCUT2D eigenvalue weighted by Crippen LogP contribution is 2.37. The quantitative estimate of drug-likeness (QED) is 0.577. The van der Waals surface area contributed by atoms with Crippen LogP contribution in [0.4, 0.5) is 0 Å². The van der Waals surface area contributed by atoms with E-state index in [2.05, 4.69) is 5.32 Å². The summed E-state index contributed by atoms with van der Waals surface area (Å²) in [4.78, 5) is 24.8. The van der Waals surface area contributed by atoms with E-state index in [1.54, 1.807) is 31.4 Å². The molecule has 0 bridgehead atoms. The van der Waals surface area contributed by atoms with Gasteiger partial charge in [0.1, 0.15) is 17.0 Å². The normalized spacial score (nSPS) is 14.8. The molecule has 3 aromatic rings. The molecule has 8 heteroatoms. The van der Waals surface area contributed by atoms with Crippen molar-refractivity contribution in [2.24, 2.45) is 0 Å². The molecule has 1 fully saturated rings. The number of aromatic carboxylic acids is 1. The molecule has 168 valence electrons. The first-order valence-corrected chi connectivity index (χ1v) is 10.7. The van der Waals surface area contributed by atoms with Gasteiger partial charge in [-0.1, -0.05) is 17.7 Å². The van der Waals surface area contributed by atoms with Crippen molar-refractivity contribution in [3.8, 4) is 5.75 Å². The number of methoxy groups -OCH3 is 1. The van der Waals surface area contributed by atoms with E-state index in [1.165, 1.54) is 0 Å². The van der Waals surface area contributed by atoms with Gasteiger partial charge in [0, 0.05) is 23.6 Å². The lowest BCUT2D eigenvalue weighted by Gasteiger charge is -2.43. The smallest absolute Gasteiger partial charge is 0.335 e. The van der Waals surface area contributed by atoms with Gasteiger partial charge >= 0.3 is 5.97 Å². The van der Waals surface area contributed by atoms with Crippen molar-refractivity contribution in [2.45, 2.75) is 32.9 Å². The first kappa shape index (κ1) is 22.2. The molecule has 1 aromatic heterocycles. The summed E-state index contributed by atoms with van der Waals surface area (Å²) >= 11 is 6.59. The number of amides is 1. The Labute approximate surface area is 190 Å². The van der Waals surface area contributed by atoms with E-state index in [0.29, 0.717) is 36.2 Å². The lowest BCUT2D eigenvalue weighted by Crippen LogP contribution is -2.59. The number of carboxylic acids is 1. The Balaban J connectivity index is 1.75. The van der Waals surface area contributed by atoms with Crippen LogP contribution in [0.25, 0.3) is 10.9 Å². The van der Waals surface area contributed by atoms with Crippen molar-refractivity contribution in [3.63, 3.8) is 0 Å². The molecule has 2 aromatic carbocycles. The largest absolute Gasteiger partial charge is 0.496 e. The van der Waals surface area contributed by atoms with Crippen LogP contribution in [0.3, 0.4) is 0 Å². The van der Waals surface area contributed by atoms with E-state index in [-0.39, 0.29) is 11.5 Å². The van der Waals surface area contributed by atoms with Crippen LogP contribution >= 0.6 is 11.6 Å². The second kappa shape index (κ2) is 8.15. The molecular formula is C24H25ClN2O5. The van der Waals surface area contributed by atoms with Crippen molar-refractivity contribution in [2.75, 3.05) is 20.3 Å².